The molecule has 0 radical (unpaired) electrons. The van der Waals surface area contributed by atoms with Crippen LogP contribution in [-0.2, 0) is 9.59 Å². The fraction of sp³-hybridized carbons (Fsp3) is 0.158. The van der Waals surface area contributed by atoms with Crippen molar-refractivity contribution in [2.24, 2.45) is 0 Å². The van der Waals surface area contributed by atoms with Crippen LogP contribution in [0.15, 0.2) is 36.4 Å². The van der Waals surface area contributed by atoms with E-state index in [9.17, 15) is 27.6 Å². The van der Waals surface area contributed by atoms with Crippen LogP contribution < -0.4 is 20.7 Å². The molecule has 0 atom stereocenters. The van der Waals surface area contributed by atoms with E-state index in [0.717, 1.165) is 17.4 Å². The summed E-state index contributed by atoms with van der Waals surface area (Å²) in [6.45, 7) is 2.59. The van der Waals surface area contributed by atoms with E-state index in [1.807, 2.05) is 0 Å². The summed E-state index contributed by atoms with van der Waals surface area (Å²) in [4.78, 5) is 39.5. The lowest BCUT2D eigenvalue weighted by Gasteiger charge is -2.10. The second kappa shape index (κ2) is 8.60. The van der Waals surface area contributed by atoms with Crippen LogP contribution in [0.2, 0.25) is 0 Å². The number of nitrogens with one attached hydrogen (secondary N) is 3. The summed E-state index contributed by atoms with van der Waals surface area (Å²) in [5.41, 5.74) is 1.08. The zero-order valence-corrected chi connectivity index (χ0v) is 16.9. The fourth-order valence-corrected chi connectivity index (χ4v) is 3.52. The molecule has 31 heavy (non-hydrogen) atoms. The topological polar surface area (TPSA) is 109 Å². The normalized spacial score (nSPS) is 11.1. The second-order valence-electron chi connectivity index (χ2n) is 6.31. The van der Waals surface area contributed by atoms with E-state index in [-0.39, 0.29) is 22.5 Å². The number of ether oxygens (including phenoxy) is 1. The van der Waals surface area contributed by atoms with Gasteiger partial charge in [0.1, 0.15) is 5.75 Å². The number of carbonyl (C=O) groups is 3. The van der Waals surface area contributed by atoms with Crippen LogP contribution in [0.5, 0.6) is 5.75 Å². The number of hydrogen-bond donors (Lipinski definition) is 3. The number of thiazole rings is 1. The maximum absolute atomic E-state index is 12.7. The van der Waals surface area contributed by atoms with Crippen molar-refractivity contribution < 1.29 is 32.3 Å². The molecule has 0 fully saturated rings. The summed E-state index contributed by atoms with van der Waals surface area (Å²) in [6, 6.07) is 7.93. The number of nitrogens with zero attached hydrogens (tertiary/aromatic N) is 1. The first-order chi connectivity index (χ1) is 14.5. The smallest absolute Gasteiger partial charge is 0.406 e. The number of hydrogen-bond acceptors (Lipinski definition) is 6. The van der Waals surface area contributed by atoms with Gasteiger partial charge in [-0.3, -0.25) is 19.7 Å². The van der Waals surface area contributed by atoms with Gasteiger partial charge in [0.2, 0.25) is 11.8 Å². The molecule has 3 N–H and O–H groups in total. The van der Waals surface area contributed by atoms with Crippen molar-refractivity contribution in [3.8, 4) is 5.75 Å². The minimum absolute atomic E-state index is 0.121. The molecular formula is C19H15F3N4O4S. The van der Waals surface area contributed by atoms with Crippen molar-refractivity contribution in [1.29, 1.82) is 0 Å². The van der Waals surface area contributed by atoms with Crippen molar-refractivity contribution in [3.05, 3.63) is 42.0 Å². The van der Waals surface area contributed by atoms with Crippen LogP contribution in [0, 0.1) is 0 Å². The SMILES string of the molecule is CC(=O)Nc1cc(NC(C)=O)cc(C(=O)Nc2nc3ccc(OC(F)(F)F)cc3s2)c1. The first-order valence-electron chi connectivity index (χ1n) is 8.66. The molecule has 162 valence electrons. The summed E-state index contributed by atoms with van der Waals surface area (Å²) in [6.07, 6.45) is -4.82. The van der Waals surface area contributed by atoms with Crippen LogP contribution in [0.3, 0.4) is 0 Å². The van der Waals surface area contributed by atoms with Crippen molar-refractivity contribution in [2.75, 3.05) is 16.0 Å². The quantitative estimate of drug-likeness (QED) is 0.533. The minimum atomic E-state index is -4.82. The molecule has 1 heterocycles. The van der Waals surface area contributed by atoms with Crippen molar-refractivity contribution >= 4 is 55.8 Å². The first kappa shape index (κ1) is 22.0. The van der Waals surface area contributed by atoms with Gasteiger partial charge in [-0.15, -0.1) is 13.2 Å². The number of carbonyl (C=O) groups excluding carboxylic acids is 3. The van der Waals surface area contributed by atoms with E-state index >= 15 is 0 Å². The predicted octanol–water partition coefficient (Wildman–Crippen LogP) is 4.36. The third-order valence-electron chi connectivity index (χ3n) is 3.65. The van der Waals surface area contributed by atoms with Crippen LogP contribution in [0.1, 0.15) is 24.2 Å². The summed E-state index contributed by atoms with van der Waals surface area (Å²) in [5.74, 6) is -1.72. The molecule has 0 unspecified atom stereocenters. The Labute approximate surface area is 177 Å². The standard InChI is InChI=1S/C19H15F3N4O4S/c1-9(27)23-12-5-11(6-13(7-12)24-10(2)28)17(29)26-18-25-15-4-3-14(8-16(15)31-18)30-19(20,21)22/h3-8H,1-2H3,(H,23,27)(H,24,28)(H,25,26,29). The molecule has 0 spiro atoms. The molecule has 3 aromatic rings. The monoisotopic (exact) mass is 452 g/mol. The Hall–Kier alpha value is -3.67. The molecule has 2 aromatic carbocycles. The lowest BCUT2D eigenvalue weighted by atomic mass is 10.1. The van der Waals surface area contributed by atoms with Crippen molar-refractivity contribution in [2.45, 2.75) is 20.2 Å². The van der Waals surface area contributed by atoms with Gasteiger partial charge in [0.15, 0.2) is 5.13 Å². The maximum Gasteiger partial charge on any atom is 0.573 e. The Morgan fingerprint density at radius 1 is 0.935 bits per heavy atom. The number of rotatable bonds is 5. The zero-order chi connectivity index (χ0) is 22.8. The van der Waals surface area contributed by atoms with E-state index in [1.54, 1.807) is 0 Å². The number of benzene rings is 2. The lowest BCUT2D eigenvalue weighted by molar-refractivity contribution is -0.274. The van der Waals surface area contributed by atoms with E-state index in [4.69, 9.17) is 0 Å². The van der Waals surface area contributed by atoms with Crippen LogP contribution in [0.4, 0.5) is 29.7 Å². The number of anilines is 3. The van der Waals surface area contributed by atoms with Gasteiger partial charge < -0.3 is 15.4 Å². The second-order valence-corrected chi connectivity index (χ2v) is 7.34. The highest BCUT2D eigenvalue weighted by atomic mass is 32.1. The number of fused-ring (bicyclic) bond motifs is 1. The van der Waals surface area contributed by atoms with Gasteiger partial charge in [0.05, 0.1) is 10.2 Å². The molecule has 1 aromatic heterocycles. The Morgan fingerprint density at radius 3 is 2.10 bits per heavy atom. The molecule has 8 nitrogen and oxygen atoms in total. The van der Waals surface area contributed by atoms with Gasteiger partial charge in [-0.1, -0.05) is 11.3 Å². The first-order valence-corrected chi connectivity index (χ1v) is 9.48. The molecular weight excluding hydrogens is 437 g/mol. The summed E-state index contributed by atoms with van der Waals surface area (Å²) >= 11 is 0.960. The van der Waals surface area contributed by atoms with Gasteiger partial charge in [-0.05, 0) is 30.3 Å². The predicted molar refractivity (Wildman–Crippen MR) is 109 cm³/mol. The average Bonchev–Trinajstić information content (AvgIpc) is 3.00. The third-order valence-corrected chi connectivity index (χ3v) is 4.58. The van der Waals surface area contributed by atoms with Gasteiger partial charge in [0.25, 0.3) is 5.91 Å². The van der Waals surface area contributed by atoms with E-state index in [1.165, 1.54) is 44.2 Å². The largest absolute Gasteiger partial charge is 0.573 e. The molecule has 3 amide bonds. The molecule has 0 aliphatic rings. The van der Waals surface area contributed by atoms with Gasteiger partial charge in [0, 0.05) is 36.9 Å². The number of aromatic nitrogens is 1. The van der Waals surface area contributed by atoms with Crippen LogP contribution >= 0.6 is 11.3 Å². The fourth-order valence-electron chi connectivity index (χ4n) is 2.63. The van der Waals surface area contributed by atoms with Crippen LogP contribution in [0.25, 0.3) is 10.2 Å². The van der Waals surface area contributed by atoms with E-state index in [2.05, 4.69) is 25.7 Å². The molecule has 0 aliphatic heterocycles. The lowest BCUT2D eigenvalue weighted by Crippen LogP contribution is -2.16. The number of alkyl halides is 3. The third kappa shape index (κ3) is 6.15. The van der Waals surface area contributed by atoms with E-state index < -0.39 is 18.0 Å². The van der Waals surface area contributed by atoms with Gasteiger partial charge in [-0.25, -0.2) is 4.98 Å². The molecule has 0 saturated heterocycles. The summed E-state index contributed by atoms with van der Waals surface area (Å²) in [7, 11) is 0. The Balaban J connectivity index is 1.85. The molecule has 3 rings (SSSR count). The highest BCUT2D eigenvalue weighted by Gasteiger charge is 2.31. The summed E-state index contributed by atoms with van der Waals surface area (Å²) < 4.78 is 41.4. The average molecular weight is 452 g/mol. The highest BCUT2D eigenvalue weighted by Crippen LogP contribution is 2.32. The number of halogens is 3. The highest BCUT2D eigenvalue weighted by molar-refractivity contribution is 7.22. The van der Waals surface area contributed by atoms with Gasteiger partial charge >= 0.3 is 6.36 Å². The maximum atomic E-state index is 12.7. The summed E-state index contributed by atoms with van der Waals surface area (Å²) in [5, 5.41) is 7.77. The molecule has 0 saturated carbocycles. The van der Waals surface area contributed by atoms with Gasteiger partial charge in [-0.2, -0.15) is 0 Å². The zero-order valence-electron chi connectivity index (χ0n) is 16.1. The Bertz CT molecular complexity index is 1140. The molecule has 12 heteroatoms. The Morgan fingerprint density at radius 2 is 1.55 bits per heavy atom. The Kier molecular flexibility index (Phi) is 6.11. The molecule has 0 bridgehead atoms. The molecule has 0 aliphatic carbocycles. The minimum Gasteiger partial charge on any atom is -0.406 e. The van der Waals surface area contributed by atoms with Crippen molar-refractivity contribution in [3.63, 3.8) is 0 Å². The number of amides is 3. The van der Waals surface area contributed by atoms with E-state index in [0.29, 0.717) is 21.6 Å². The van der Waals surface area contributed by atoms with Crippen molar-refractivity contribution in [1.82, 2.24) is 4.98 Å². The van der Waals surface area contributed by atoms with Crippen LogP contribution in [-0.4, -0.2) is 29.1 Å².